The summed E-state index contributed by atoms with van der Waals surface area (Å²) >= 11 is 1.51. The fourth-order valence-corrected chi connectivity index (χ4v) is 4.82. The van der Waals surface area contributed by atoms with Crippen LogP contribution < -0.4 is 4.90 Å². The molecule has 2 aromatic carbocycles. The van der Waals surface area contributed by atoms with E-state index in [1.54, 1.807) is 6.07 Å². The Balaban J connectivity index is 1.60. The maximum Gasteiger partial charge on any atom is 0.186 e. The summed E-state index contributed by atoms with van der Waals surface area (Å²) in [6.07, 6.45) is 0.844. The van der Waals surface area contributed by atoms with Gasteiger partial charge in [-0.3, -0.25) is 0 Å². The first kappa shape index (κ1) is 18.6. The van der Waals surface area contributed by atoms with E-state index in [-0.39, 0.29) is 30.4 Å². The van der Waals surface area contributed by atoms with Crippen molar-refractivity contribution in [1.82, 2.24) is 4.98 Å². The lowest BCUT2D eigenvalue weighted by atomic mass is 9.76. The molecule has 4 nitrogen and oxygen atoms in total. The van der Waals surface area contributed by atoms with E-state index in [1.165, 1.54) is 23.5 Å². The maximum absolute atomic E-state index is 13.5. The lowest BCUT2D eigenvalue weighted by Gasteiger charge is -2.51. The van der Waals surface area contributed by atoms with Gasteiger partial charge in [-0.05, 0) is 35.2 Å². The van der Waals surface area contributed by atoms with Gasteiger partial charge in [0.25, 0.3) is 0 Å². The highest BCUT2D eigenvalue weighted by atomic mass is 32.1. The van der Waals surface area contributed by atoms with Crippen LogP contribution in [0.25, 0.3) is 11.1 Å². The van der Waals surface area contributed by atoms with Gasteiger partial charge in [0.15, 0.2) is 5.13 Å². The largest absolute Gasteiger partial charge is 0.394 e. The summed E-state index contributed by atoms with van der Waals surface area (Å²) < 4.78 is 13.5. The van der Waals surface area contributed by atoms with Crippen LogP contribution in [0.2, 0.25) is 0 Å². The van der Waals surface area contributed by atoms with Crippen LogP contribution in [0, 0.1) is 17.1 Å². The first-order chi connectivity index (χ1) is 13.7. The van der Waals surface area contributed by atoms with Crippen LogP contribution in [0.4, 0.5) is 9.52 Å². The fourth-order valence-electron chi connectivity index (χ4n) is 3.81. The van der Waals surface area contributed by atoms with Crippen LogP contribution >= 0.6 is 11.3 Å². The van der Waals surface area contributed by atoms with E-state index in [1.807, 2.05) is 47.5 Å². The van der Waals surface area contributed by atoms with E-state index < -0.39 is 0 Å². The van der Waals surface area contributed by atoms with Gasteiger partial charge in [0.05, 0.1) is 24.4 Å². The summed E-state index contributed by atoms with van der Waals surface area (Å²) in [5, 5.41) is 22.5. The number of rotatable bonds is 5. The molecule has 1 aliphatic rings. The minimum absolute atomic E-state index is 0.0461. The molecule has 1 aromatic heterocycles. The Hall–Kier alpha value is -2.75. The third kappa shape index (κ3) is 3.17. The predicted molar refractivity (Wildman–Crippen MR) is 109 cm³/mol. The third-order valence-electron chi connectivity index (χ3n) is 5.31. The fraction of sp³-hybridized carbons (Fsp3) is 0.273. The molecule has 0 saturated carbocycles. The molecule has 0 amide bonds. The molecule has 6 heteroatoms. The zero-order valence-electron chi connectivity index (χ0n) is 15.4. The van der Waals surface area contributed by atoms with Crippen LogP contribution in [0.3, 0.4) is 0 Å². The molecule has 142 valence electrons. The number of halogens is 1. The first-order valence-electron chi connectivity index (χ1n) is 9.25. The Bertz CT molecular complexity index is 1010. The van der Waals surface area contributed by atoms with E-state index >= 15 is 0 Å². The number of aliphatic hydroxyl groups excluding tert-OH is 1. The third-order valence-corrected chi connectivity index (χ3v) is 6.21. The summed E-state index contributed by atoms with van der Waals surface area (Å²) in [4.78, 5) is 6.51. The topological polar surface area (TPSA) is 60.2 Å². The van der Waals surface area contributed by atoms with Gasteiger partial charge in [0.2, 0.25) is 0 Å². The van der Waals surface area contributed by atoms with E-state index in [0.29, 0.717) is 0 Å². The number of aromatic nitrogens is 1. The molecule has 0 bridgehead atoms. The van der Waals surface area contributed by atoms with E-state index in [2.05, 4.69) is 11.1 Å². The van der Waals surface area contributed by atoms with Crippen molar-refractivity contribution in [1.29, 1.82) is 5.26 Å². The number of benzene rings is 2. The van der Waals surface area contributed by atoms with Crippen LogP contribution in [0.5, 0.6) is 0 Å². The standard InChI is InChI=1S/C22H20FN3OS/c1-2-18-13-28-22(25-18)26-19(11-24)21(20(26)12-27)15-8-6-14(7-9-15)16-4-3-5-17(23)10-16/h3-10,13,19-21,27H,2,12H2,1H3/t19-,20-,21-/m0/s1. The summed E-state index contributed by atoms with van der Waals surface area (Å²) in [5.74, 6) is -0.360. The highest BCUT2D eigenvalue weighted by Gasteiger charge is 2.50. The van der Waals surface area contributed by atoms with Crippen molar-refractivity contribution in [2.24, 2.45) is 0 Å². The zero-order chi connectivity index (χ0) is 19.7. The zero-order valence-corrected chi connectivity index (χ0v) is 16.2. The van der Waals surface area contributed by atoms with Gasteiger partial charge in [-0.25, -0.2) is 9.37 Å². The maximum atomic E-state index is 13.5. The van der Waals surface area contributed by atoms with Crippen molar-refractivity contribution in [3.05, 3.63) is 71.0 Å². The molecular formula is C22H20FN3OS. The van der Waals surface area contributed by atoms with Gasteiger partial charge in [0, 0.05) is 11.3 Å². The molecule has 3 atom stereocenters. The van der Waals surface area contributed by atoms with Crippen LogP contribution in [-0.2, 0) is 6.42 Å². The lowest BCUT2D eigenvalue weighted by molar-refractivity contribution is 0.187. The van der Waals surface area contributed by atoms with Crippen molar-refractivity contribution in [3.63, 3.8) is 0 Å². The van der Waals surface area contributed by atoms with Gasteiger partial charge in [-0.2, -0.15) is 5.26 Å². The van der Waals surface area contributed by atoms with Crippen LogP contribution in [0.1, 0.15) is 24.1 Å². The summed E-state index contributed by atoms with van der Waals surface area (Å²) in [6, 6.07) is 16.1. The minimum Gasteiger partial charge on any atom is -0.394 e. The molecule has 1 fully saturated rings. The van der Waals surface area contributed by atoms with Crippen molar-refractivity contribution in [2.45, 2.75) is 31.3 Å². The van der Waals surface area contributed by atoms with E-state index in [9.17, 15) is 14.8 Å². The summed E-state index contributed by atoms with van der Waals surface area (Å²) in [7, 11) is 0. The quantitative estimate of drug-likeness (QED) is 0.699. The molecule has 0 aliphatic carbocycles. The SMILES string of the molecule is CCc1csc(N2[C@@H](C#N)[C@H](c3ccc(-c4cccc(F)c4)cc3)[C@@H]2CO)n1. The first-order valence-corrected chi connectivity index (χ1v) is 10.1. The van der Waals surface area contributed by atoms with Gasteiger partial charge in [-0.15, -0.1) is 11.3 Å². The van der Waals surface area contributed by atoms with Crippen molar-refractivity contribution in [3.8, 4) is 17.2 Å². The van der Waals surface area contributed by atoms with Crippen LogP contribution in [0.15, 0.2) is 53.9 Å². The Kier molecular flexibility index (Phi) is 5.12. The highest BCUT2D eigenvalue weighted by Crippen LogP contribution is 2.44. The molecule has 1 saturated heterocycles. The van der Waals surface area contributed by atoms with Crippen LogP contribution in [-0.4, -0.2) is 28.8 Å². The number of hydrogen-bond acceptors (Lipinski definition) is 5. The van der Waals surface area contributed by atoms with Crippen molar-refractivity contribution >= 4 is 16.5 Å². The van der Waals surface area contributed by atoms with Gasteiger partial charge >= 0.3 is 0 Å². The molecule has 1 N–H and O–H groups in total. The Morgan fingerprint density at radius 1 is 1.21 bits per heavy atom. The Morgan fingerprint density at radius 2 is 2.00 bits per heavy atom. The monoisotopic (exact) mass is 393 g/mol. The second-order valence-corrected chi connectivity index (χ2v) is 7.70. The molecule has 28 heavy (non-hydrogen) atoms. The lowest BCUT2D eigenvalue weighted by Crippen LogP contribution is -2.63. The van der Waals surface area contributed by atoms with E-state index in [0.717, 1.165) is 33.9 Å². The predicted octanol–water partition coefficient (Wildman–Crippen LogP) is 4.37. The average molecular weight is 393 g/mol. The molecular weight excluding hydrogens is 373 g/mol. The van der Waals surface area contributed by atoms with Crippen molar-refractivity contribution in [2.75, 3.05) is 11.5 Å². The normalized spacial score (nSPS) is 21.2. The number of nitriles is 1. The number of aliphatic hydroxyl groups is 1. The number of aryl methyl sites for hydroxylation is 1. The Labute approximate surface area is 167 Å². The van der Waals surface area contributed by atoms with Crippen molar-refractivity contribution < 1.29 is 9.50 Å². The molecule has 0 radical (unpaired) electrons. The van der Waals surface area contributed by atoms with Gasteiger partial charge in [0.1, 0.15) is 11.9 Å². The second kappa shape index (κ2) is 7.70. The van der Waals surface area contributed by atoms with Gasteiger partial charge < -0.3 is 10.0 Å². The smallest absolute Gasteiger partial charge is 0.186 e. The number of hydrogen-bond donors (Lipinski definition) is 1. The molecule has 0 spiro atoms. The molecule has 2 heterocycles. The average Bonchev–Trinajstić information content (AvgIpc) is 3.17. The molecule has 0 unspecified atom stereocenters. The number of anilines is 1. The second-order valence-electron chi connectivity index (χ2n) is 6.86. The molecule has 1 aliphatic heterocycles. The van der Waals surface area contributed by atoms with Gasteiger partial charge in [-0.1, -0.05) is 43.3 Å². The molecule has 3 aromatic rings. The summed E-state index contributed by atoms with van der Waals surface area (Å²) in [6.45, 7) is 2.00. The Morgan fingerprint density at radius 3 is 2.61 bits per heavy atom. The highest BCUT2D eigenvalue weighted by molar-refractivity contribution is 7.13. The number of thiazole rings is 1. The minimum atomic E-state index is -0.368. The number of nitrogens with zero attached hydrogens (tertiary/aromatic N) is 3. The summed E-state index contributed by atoms with van der Waals surface area (Å²) in [5.41, 5.74) is 3.72. The molecule has 4 rings (SSSR count). The van der Waals surface area contributed by atoms with E-state index in [4.69, 9.17) is 0 Å².